The van der Waals surface area contributed by atoms with E-state index in [9.17, 15) is 9.90 Å². The van der Waals surface area contributed by atoms with Crippen LogP contribution in [0.4, 0.5) is 5.82 Å². The quantitative estimate of drug-likeness (QED) is 0.905. The van der Waals surface area contributed by atoms with Crippen LogP contribution in [0.25, 0.3) is 11.4 Å². The Morgan fingerprint density at radius 1 is 1.20 bits per heavy atom. The predicted molar refractivity (Wildman–Crippen MR) is 78.0 cm³/mol. The molecule has 0 saturated heterocycles. The minimum atomic E-state index is -1.01. The Hall–Kier alpha value is -2.43. The number of aromatic carboxylic acids is 1. The molecule has 2 rings (SSSR count). The average molecular weight is 271 g/mol. The van der Waals surface area contributed by atoms with Crippen LogP contribution in [0.15, 0.2) is 36.5 Å². The molecule has 1 N–H and O–H groups in total. The summed E-state index contributed by atoms with van der Waals surface area (Å²) in [4.78, 5) is 21.8. The maximum atomic E-state index is 11.3. The molecule has 0 unspecified atom stereocenters. The molecule has 0 fully saturated rings. The first-order valence-corrected chi connectivity index (χ1v) is 6.58. The molecule has 0 aliphatic heterocycles. The predicted octanol–water partition coefficient (Wildman–Crippen LogP) is 2.69. The number of hydrogen-bond donors (Lipinski definition) is 1. The van der Waals surface area contributed by atoms with Crippen molar-refractivity contribution in [1.82, 2.24) is 9.97 Å². The average Bonchev–Trinajstić information content (AvgIpc) is 2.49. The smallest absolute Gasteiger partial charge is 0.341 e. The van der Waals surface area contributed by atoms with Crippen LogP contribution in [-0.2, 0) is 0 Å². The highest BCUT2D eigenvalue weighted by atomic mass is 16.4. The second kappa shape index (κ2) is 6.14. The molecule has 0 aliphatic carbocycles. The molecule has 104 valence electrons. The fourth-order valence-corrected chi connectivity index (χ4v) is 2.01. The van der Waals surface area contributed by atoms with Crippen LogP contribution in [0, 0.1) is 0 Å². The Labute approximate surface area is 117 Å². The Balaban J connectivity index is 2.54. The molecule has 20 heavy (non-hydrogen) atoms. The number of carboxylic acids is 1. The van der Waals surface area contributed by atoms with Crippen LogP contribution in [0.5, 0.6) is 0 Å². The van der Waals surface area contributed by atoms with Gasteiger partial charge in [0.05, 0.1) is 0 Å². The lowest BCUT2D eigenvalue weighted by Gasteiger charge is -2.21. The van der Waals surface area contributed by atoms with E-state index in [2.05, 4.69) is 9.97 Å². The first kappa shape index (κ1) is 14.0. The molecule has 1 aromatic heterocycles. The summed E-state index contributed by atoms with van der Waals surface area (Å²) in [5.41, 5.74) is 1.01. The number of hydrogen-bond acceptors (Lipinski definition) is 4. The molecule has 2 aromatic rings. The minimum Gasteiger partial charge on any atom is -0.477 e. The van der Waals surface area contributed by atoms with Crippen molar-refractivity contribution in [3.05, 3.63) is 42.1 Å². The molecule has 0 atom stereocenters. The molecule has 0 radical (unpaired) electrons. The molecule has 5 nitrogen and oxygen atoms in total. The van der Waals surface area contributed by atoms with Gasteiger partial charge in [-0.1, -0.05) is 30.3 Å². The lowest BCUT2D eigenvalue weighted by atomic mass is 10.2. The largest absolute Gasteiger partial charge is 0.477 e. The molecule has 5 heteroatoms. The van der Waals surface area contributed by atoms with E-state index in [1.54, 1.807) is 0 Å². The summed E-state index contributed by atoms with van der Waals surface area (Å²) < 4.78 is 0. The second-order valence-corrected chi connectivity index (χ2v) is 4.27. The van der Waals surface area contributed by atoms with E-state index in [1.807, 2.05) is 49.1 Å². The van der Waals surface area contributed by atoms with Gasteiger partial charge in [-0.3, -0.25) is 0 Å². The topological polar surface area (TPSA) is 66.3 Å². The maximum Gasteiger partial charge on any atom is 0.341 e. The van der Waals surface area contributed by atoms with Gasteiger partial charge in [0.15, 0.2) is 5.82 Å². The van der Waals surface area contributed by atoms with Gasteiger partial charge in [0.2, 0.25) is 0 Å². The Morgan fingerprint density at radius 3 is 2.40 bits per heavy atom. The fraction of sp³-hybridized carbons (Fsp3) is 0.267. The Morgan fingerprint density at radius 2 is 1.85 bits per heavy atom. The molecule has 0 bridgehead atoms. The van der Waals surface area contributed by atoms with Crippen LogP contribution >= 0.6 is 0 Å². The zero-order chi connectivity index (χ0) is 14.5. The van der Waals surface area contributed by atoms with E-state index in [-0.39, 0.29) is 5.56 Å². The number of carbonyl (C=O) groups is 1. The van der Waals surface area contributed by atoms with E-state index < -0.39 is 5.97 Å². The number of nitrogens with zero attached hydrogens (tertiary/aromatic N) is 3. The Kier molecular flexibility index (Phi) is 4.30. The van der Waals surface area contributed by atoms with Crippen LogP contribution in [0.2, 0.25) is 0 Å². The normalized spacial score (nSPS) is 10.3. The van der Waals surface area contributed by atoms with Crippen molar-refractivity contribution < 1.29 is 9.90 Å². The Bertz CT molecular complexity index is 595. The zero-order valence-electron chi connectivity index (χ0n) is 11.6. The van der Waals surface area contributed by atoms with Gasteiger partial charge in [0.25, 0.3) is 0 Å². The molecule has 1 heterocycles. The summed E-state index contributed by atoms with van der Waals surface area (Å²) in [6.07, 6.45) is 1.38. The van der Waals surface area contributed by atoms with Gasteiger partial charge >= 0.3 is 5.97 Å². The van der Waals surface area contributed by atoms with Gasteiger partial charge in [0.1, 0.15) is 11.4 Å². The van der Waals surface area contributed by atoms with Crippen LogP contribution in [0.1, 0.15) is 24.2 Å². The van der Waals surface area contributed by atoms with Gasteiger partial charge < -0.3 is 10.0 Å². The van der Waals surface area contributed by atoms with Gasteiger partial charge in [0, 0.05) is 24.8 Å². The van der Waals surface area contributed by atoms with Gasteiger partial charge in [-0.2, -0.15) is 0 Å². The highest BCUT2D eigenvalue weighted by Gasteiger charge is 2.18. The van der Waals surface area contributed by atoms with Crippen molar-refractivity contribution in [3.63, 3.8) is 0 Å². The molecule has 0 aliphatic rings. The van der Waals surface area contributed by atoms with E-state index in [0.717, 1.165) is 5.56 Å². The van der Waals surface area contributed by atoms with E-state index in [4.69, 9.17) is 0 Å². The van der Waals surface area contributed by atoms with Crippen molar-refractivity contribution in [2.75, 3.05) is 18.0 Å². The van der Waals surface area contributed by atoms with Crippen molar-refractivity contribution in [1.29, 1.82) is 0 Å². The van der Waals surface area contributed by atoms with Gasteiger partial charge in [-0.25, -0.2) is 14.8 Å². The zero-order valence-corrected chi connectivity index (χ0v) is 11.6. The summed E-state index contributed by atoms with van der Waals surface area (Å²) in [6, 6.07) is 9.53. The fourth-order valence-electron chi connectivity index (χ4n) is 2.01. The number of benzene rings is 1. The van der Waals surface area contributed by atoms with Gasteiger partial charge in [-0.05, 0) is 13.8 Å². The summed E-state index contributed by atoms with van der Waals surface area (Å²) in [5.74, 6) is 0.000338. The maximum absolute atomic E-state index is 11.3. The highest BCUT2D eigenvalue weighted by molar-refractivity contribution is 5.93. The third-order valence-corrected chi connectivity index (χ3v) is 3.09. The molecule has 1 aromatic carbocycles. The van der Waals surface area contributed by atoms with Crippen LogP contribution < -0.4 is 4.90 Å². The SMILES string of the molecule is CCN(CC)c1nc(-c2ccccc2)ncc1C(=O)O. The molecule has 0 spiro atoms. The van der Waals surface area contributed by atoms with Crippen molar-refractivity contribution in [2.45, 2.75) is 13.8 Å². The van der Waals surface area contributed by atoms with E-state index in [1.165, 1.54) is 6.20 Å². The number of rotatable bonds is 5. The first-order chi connectivity index (χ1) is 9.67. The summed E-state index contributed by atoms with van der Waals surface area (Å²) in [5, 5.41) is 9.26. The van der Waals surface area contributed by atoms with Crippen molar-refractivity contribution in [3.8, 4) is 11.4 Å². The third kappa shape index (κ3) is 2.77. The monoisotopic (exact) mass is 271 g/mol. The molecule has 0 amide bonds. The standard InChI is InChI=1S/C15H17N3O2/c1-3-18(4-2)14-12(15(19)20)10-16-13(17-14)11-8-6-5-7-9-11/h5-10H,3-4H2,1-2H3,(H,19,20). The lowest BCUT2D eigenvalue weighted by Crippen LogP contribution is -2.26. The lowest BCUT2D eigenvalue weighted by molar-refractivity contribution is 0.0696. The minimum absolute atomic E-state index is 0.133. The van der Waals surface area contributed by atoms with E-state index >= 15 is 0 Å². The third-order valence-electron chi connectivity index (χ3n) is 3.09. The summed E-state index contributed by atoms with van der Waals surface area (Å²) in [6.45, 7) is 5.34. The van der Waals surface area contributed by atoms with Gasteiger partial charge in [-0.15, -0.1) is 0 Å². The highest BCUT2D eigenvalue weighted by Crippen LogP contribution is 2.22. The summed E-state index contributed by atoms with van der Waals surface area (Å²) in [7, 11) is 0. The second-order valence-electron chi connectivity index (χ2n) is 4.27. The number of anilines is 1. The summed E-state index contributed by atoms with van der Waals surface area (Å²) >= 11 is 0. The van der Waals surface area contributed by atoms with Crippen molar-refractivity contribution in [2.24, 2.45) is 0 Å². The molecular weight excluding hydrogens is 254 g/mol. The van der Waals surface area contributed by atoms with E-state index in [0.29, 0.717) is 24.7 Å². The first-order valence-electron chi connectivity index (χ1n) is 6.58. The molecule has 0 saturated carbocycles. The molecular formula is C15H17N3O2. The number of aromatic nitrogens is 2. The van der Waals surface area contributed by atoms with Crippen molar-refractivity contribution >= 4 is 11.8 Å². The van der Waals surface area contributed by atoms with Crippen LogP contribution in [0.3, 0.4) is 0 Å². The number of carboxylic acid groups (broad SMARTS) is 1. The van der Waals surface area contributed by atoms with Crippen LogP contribution in [-0.4, -0.2) is 34.1 Å².